The van der Waals surface area contributed by atoms with Crippen LogP contribution in [-0.2, 0) is 11.2 Å². The fraction of sp³-hybridized carbons (Fsp3) is 0.176. The maximum absolute atomic E-state index is 12.1. The van der Waals surface area contributed by atoms with E-state index in [9.17, 15) is 14.4 Å². The van der Waals surface area contributed by atoms with E-state index in [1.165, 1.54) is 6.07 Å². The Morgan fingerprint density at radius 1 is 1.16 bits per heavy atom. The molecule has 25 heavy (non-hydrogen) atoms. The first-order valence-corrected chi connectivity index (χ1v) is 7.66. The van der Waals surface area contributed by atoms with Crippen LogP contribution in [0.2, 0.25) is 0 Å². The molecule has 3 N–H and O–H groups in total. The molecule has 0 saturated carbocycles. The molecule has 0 atom stereocenters. The molecular weight excluding hydrogens is 322 g/mol. The number of anilines is 1. The first-order valence-electron chi connectivity index (χ1n) is 7.66. The molecule has 3 aromatic rings. The number of nitrogens with one attached hydrogen (secondary N) is 3. The lowest BCUT2D eigenvalue weighted by atomic mass is 10.2. The molecule has 0 saturated heterocycles. The van der Waals surface area contributed by atoms with Crippen molar-refractivity contribution in [2.24, 2.45) is 0 Å². The van der Waals surface area contributed by atoms with Gasteiger partial charge in [-0.25, -0.2) is 9.78 Å². The van der Waals surface area contributed by atoms with Crippen LogP contribution >= 0.6 is 0 Å². The second-order valence-electron chi connectivity index (χ2n) is 5.67. The summed E-state index contributed by atoms with van der Waals surface area (Å²) in [6.45, 7) is 3.93. The first-order chi connectivity index (χ1) is 11.9. The standard InChI is InChI=1S/C17H17N5O3/c1-10-11(2)22(9-18-10)14-5-3-12(4-6-14)19-15(23)7-13-8-16(24)21-17(25)20-13/h3-6,8-9H,7H2,1-2H3,(H,19,23)(H2,20,21,24,25). The number of benzene rings is 1. The summed E-state index contributed by atoms with van der Waals surface area (Å²) in [4.78, 5) is 43.2. The molecular formula is C17H17N5O3. The van der Waals surface area contributed by atoms with E-state index in [0.29, 0.717) is 5.69 Å². The third-order valence-electron chi connectivity index (χ3n) is 3.85. The monoisotopic (exact) mass is 339 g/mol. The predicted molar refractivity (Wildman–Crippen MR) is 93.1 cm³/mol. The highest BCUT2D eigenvalue weighted by molar-refractivity contribution is 5.92. The van der Waals surface area contributed by atoms with Gasteiger partial charge in [0.05, 0.1) is 18.4 Å². The number of aromatic amines is 2. The number of aromatic nitrogens is 4. The van der Waals surface area contributed by atoms with Gasteiger partial charge >= 0.3 is 5.69 Å². The van der Waals surface area contributed by atoms with E-state index in [1.807, 2.05) is 30.5 Å². The van der Waals surface area contributed by atoms with Crippen LogP contribution in [0.15, 0.2) is 46.2 Å². The van der Waals surface area contributed by atoms with Crippen molar-refractivity contribution in [1.29, 1.82) is 0 Å². The molecule has 0 aliphatic carbocycles. The minimum Gasteiger partial charge on any atom is -0.326 e. The molecule has 1 amide bonds. The van der Waals surface area contributed by atoms with Gasteiger partial charge in [0.1, 0.15) is 0 Å². The number of aryl methyl sites for hydroxylation is 1. The third-order valence-corrected chi connectivity index (χ3v) is 3.85. The van der Waals surface area contributed by atoms with Crippen molar-refractivity contribution in [2.75, 3.05) is 5.32 Å². The predicted octanol–water partition coefficient (Wildman–Crippen LogP) is 1.05. The van der Waals surface area contributed by atoms with Crippen LogP contribution in [0.3, 0.4) is 0 Å². The van der Waals surface area contributed by atoms with Crippen molar-refractivity contribution in [3.63, 3.8) is 0 Å². The van der Waals surface area contributed by atoms with Gasteiger partial charge in [0.2, 0.25) is 5.91 Å². The first kappa shape index (κ1) is 16.4. The highest BCUT2D eigenvalue weighted by atomic mass is 16.2. The molecule has 0 radical (unpaired) electrons. The number of carbonyl (C=O) groups is 1. The topological polar surface area (TPSA) is 113 Å². The summed E-state index contributed by atoms with van der Waals surface area (Å²) in [5.74, 6) is -0.330. The van der Waals surface area contributed by atoms with Gasteiger partial charge in [-0.15, -0.1) is 0 Å². The molecule has 0 spiro atoms. The van der Waals surface area contributed by atoms with Gasteiger partial charge in [-0.05, 0) is 38.1 Å². The second-order valence-corrected chi connectivity index (χ2v) is 5.67. The number of nitrogens with zero attached hydrogens (tertiary/aromatic N) is 2. The van der Waals surface area contributed by atoms with Gasteiger partial charge in [0, 0.05) is 28.8 Å². The van der Waals surface area contributed by atoms with Crippen LogP contribution in [0.25, 0.3) is 5.69 Å². The van der Waals surface area contributed by atoms with Gasteiger partial charge in [-0.3, -0.25) is 14.6 Å². The zero-order chi connectivity index (χ0) is 18.0. The Kier molecular flexibility index (Phi) is 4.34. The molecule has 8 heteroatoms. The molecule has 0 fully saturated rings. The number of hydrogen-bond acceptors (Lipinski definition) is 4. The largest absolute Gasteiger partial charge is 0.326 e. The smallest absolute Gasteiger partial charge is 0.325 e. The fourth-order valence-electron chi connectivity index (χ4n) is 2.46. The summed E-state index contributed by atoms with van der Waals surface area (Å²) in [7, 11) is 0. The van der Waals surface area contributed by atoms with E-state index in [2.05, 4.69) is 20.3 Å². The summed E-state index contributed by atoms with van der Waals surface area (Å²) in [6.07, 6.45) is 1.66. The minimum absolute atomic E-state index is 0.0965. The molecule has 2 heterocycles. The Morgan fingerprint density at radius 2 is 1.88 bits per heavy atom. The molecule has 3 rings (SSSR count). The van der Waals surface area contributed by atoms with Gasteiger partial charge in [0.25, 0.3) is 5.56 Å². The molecule has 1 aromatic carbocycles. The molecule has 0 aliphatic rings. The zero-order valence-corrected chi connectivity index (χ0v) is 13.8. The Hall–Kier alpha value is -3.42. The molecule has 8 nitrogen and oxygen atoms in total. The molecule has 2 aromatic heterocycles. The average Bonchev–Trinajstić information content (AvgIpc) is 2.87. The lowest BCUT2D eigenvalue weighted by molar-refractivity contribution is -0.115. The average molecular weight is 339 g/mol. The number of imidazole rings is 1. The highest BCUT2D eigenvalue weighted by Crippen LogP contribution is 2.16. The van der Waals surface area contributed by atoms with Crippen LogP contribution in [0.1, 0.15) is 17.1 Å². The quantitative estimate of drug-likeness (QED) is 0.659. The van der Waals surface area contributed by atoms with E-state index in [0.717, 1.165) is 17.1 Å². The van der Waals surface area contributed by atoms with Gasteiger partial charge in [-0.1, -0.05) is 0 Å². The van der Waals surface area contributed by atoms with Crippen LogP contribution in [-0.4, -0.2) is 25.4 Å². The Morgan fingerprint density at radius 3 is 2.48 bits per heavy atom. The van der Waals surface area contributed by atoms with Crippen molar-refractivity contribution in [2.45, 2.75) is 20.3 Å². The minimum atomic E-state index is -0.634. The van der Waals surface area contributed by atoms with Gasteiger partial charge in [-0.2, -0.15) is 0 Å². The van der Waals surface area contributed by atoms with Crippen LogP contribution in [0.5, 0.6) is 0 Å². The van der Waals surface area contributed by atoms with Gasteiger partial charge < -0.3 is 14.9 Å². The normalized spacial score (nSPS) is 10.6. The van der Waals surface area contributed by atoms with Crippen molar-refractivity contribution >= 4 is 11.6 Å². The Bertz CT molecular complexity index is 999. The van der Waals surface area contributed by atoms with E-state index in [4.69, 9.17) is 0 Å². The summed E-state index contributed by atoms with van der Waals surface area (Å²) in [5, 5.41) is 2.73. The zero-order valence-electron chi connectivity index (χ0n) is 13.8. The molecule has 128 valence electrons. The Labute approximate surface area is 142 Å². The molecule has 0 aliphatic heterocycles. The van der Waals surface area contributed by atoms with Crippen LogP contribution < -0.4 is 16.6 Å². The SMILES string of the molecule is Cc1ncn(-c2ccc(NC(=O)Cc3cc(=O)[nH]c(=O)[nH]3)cc2)c1C. The summed E-state index contributed by atoms with van der Waals surface area (Å²) < 4.78 is 1.96. The highest BCUT2D eigenvalue weighted by Gasteiger charge is 2.08. The van der Waals surface area contributed by atoms with E-state index in [-0.39, 0.29) is 18.0 Å². The number of carbonyl (C=O) groups excluding carboxylic acids is 1. The summed E-state index contributed by atoms with van der Waals surface area (Å²) in [5.41, 5.74) is 2.66. The van der Waals surface area contributed by atoms with Crippen molar-refractivity contribution in [1.82, 2.24) is 19.5 Å². The van der Waals surface area contributed by atoms with E-state index < -0.39 is 11.2 Å². The van der Waals surface area contributed by atoms with Crippen molar-refractivity contribution < 1.29 is 4.79 Å². The van der Waals surface area contributed by atoms with Gasteiger partial charge in [0.15, 0.2) is 0 Å². The number of amides is 1. The Balaban J connectivity index is 1.70. The van der Waals surface area contributed by atoms with E-state index in [1.54, 1.807) is 18.5 Å². The lowest BCUT2D eigenvalue weighted by Gasteiger charge is -2.08. The maximum Gasteiger partial charge on any atom is 0.325 e. The molecule has 0 unspecified atom stereocenters. The number of hydrogen-bond donors (Lipinski definition) is 3. The van der Waals surface area contributed by atoms with Crippen LogP contribution in [0.4, 0.5) is 5.69 Å². The maximum atomic E-state index is 12.1. The second kappa shape index (κ2) is 6.60. The lowest BCUT2D eigenvalue weighted by Crippen LogP contribution is -2.25. The third kappa shape index (κ3) is 3.74. The number of H-pyrrole nitrogens is 2. The fourth-order valence-corrected chi connectivity index (χ4v) is 2.46. The number of rotatable bonds is 4. The summed E-state index contributed by atoms with van der Waals surface area (Å²) in [6, 6.07) is 8.50. The van der Waals surface area contributed by atoms with E-state index >= 15 is 0 Å². The van der Waals surface area contributed by atoms with Crippen molar-refractivity contribution in [3.8, 4) is 5.69 Å². The van der Waals surface area contributed by atoms with Crippen molar-refractivity contribution in [3.05, 3.63) is 74.6 Å². The van der Waals surface area contributed by atoms with Crippen LogP contribution in [0, 0.1) is 13.8 Å². The molecule has 0 bridgehead atoms. The summed E-state index contributed by atoms with van der Waals surface area (Å²) >= 11 is 0.